The summed E-state index contributed by atoms with van der Waals surface area (Å²) in [5.41, 5.74) is 2.20. The molecule has 1 saturated heterocycles. The van der Waals surface area contributed by atoms with E-state index in [-0.39, 0.29) is 12.0 Å². The number of halogens is 1. The molecule has 2 amide bonds. The molecule has 1 N–H and O–H groups in total. The summed E-state index contributed by atoms with van der Waals surface area (Å²) in [6, 6.07) is 14.7. The number of nitrogens with zero attached hydrogens (tertiary/aromatic N) is 1. The molecule has 2 aromatic carbocycles. The number of anilines is 1. The van der Waals surface area contributed by atoms with Crippen molar-refractivity contribution in [2.45, 2.75) is 6.54 Å². The lowest BCUT2D eigenvalue weighted by atomic mass is 10.1. The Morgan fingerprint density at radius 3 is 2.78 bits per heavy atom. The van der Waals surface area contributed by atoms with Crippen molar-refractivity contribution in [3.8, 4) is 0 Å². The Bertz CT molecular complexity index is 748. The molecule has 23 heavy (non-hydrogen) atoms. The number of hydrogen-bond donors (Lipinski definition) is 1. The highest BCUT2D eigenvalue weighted by Crippen LogP contribution is 2.19. The largest absolute Gasteiger partial charge is 0.448 e. The Labute approximate surface area is 142 Å². The predicted molar refractivity (Wildman–Crippen MR) is 90.3 cm³/mol. The molecule has 6 heteroatoms. The van der Waals surface area contributed by atoms with Crippen LogP contribution >= 0.6 is 15.9 Å². The van der Waals surface area contributed by atoms with Crippen molar-refractivity contribution in [3.63, 3.8) is 0 Å². The van der Waals surface area contributed by atoms with Gasteiger partial charge in [0.25, 0.3) is 5.91 Å². The third kappa shape index (κ3) is 3.71. The summed E-state index contributed by atoms with van der Waals surface area (Å²) in [6.07, 6.45) is -0.298. The van der Waals surface area contributed by atoms with Gasteiger partial charge in [-0.1, -0.05) is 24.3 Å². The Hall–Kier alpha value is -2.34. The molecule has 0 spiro atoms. The van der Waals surface area contributed by atoms with Crippen molar-refractivity contribution in [3.05, 3.63) is 64.1 Å². The minimum Gasteiger partial charge on any atom is -0.448 e. The van der Waals surface area contributed by atoms with E-state index in [2.05, 4.69) is 21.2 Å². The van der Waals surface area contributed by atoms with Gasteiger partial charge in [0.05, 0.1) is 12.1 Å². The number of carbonyl (C=O) groups excluding carboxylic acids is 2. The number of nitrogens with one attached hydrogen (secondary N) is 1. The van der Waals surface area contributed by atoms with E-state index in [1.165, 1.54) is 0 Å². The number of carbonyl (C=O) groups is 2. The van der Waals surface area contributed by atoms with Crippen molar-refractivity contribution >= 4 is 33.6 Å². The molecule has 1 fully saturated rings. The summed E-state index contributed by atoms with van der Waals surface area (Å²) >= 11 is 3.37. The zero-order chi connectivity index (χ0) is 16.2. The first-order chi connectivity index (χ1) is 11.1. The fourth-order valence-electron chi connectivity index (χ4n) is 2.38. The smallest absolute Gasteiger partial charge is 0.410 e. The Kier molecular flexibility index (Phi) is 4.62. The van der Waals surface area contributed by atoms with Crippen LogP contribution in [0.3, 0.4) is 0 Å². The van der Waals surface area contributed by atoms with Crippen molar-refractivity contribution in [1.82, 2.24) is 4.90 Å². The average Bonchev–Trinajstić information content (AvgIpc) is 2.93. The molecule has 2 aromatic rings. The molecule has 1 aliphatic heterocycles. The van der Waals surface area contributed by atoms with Crippen LogP contribution in [0.4, 0.5) is 10.5 Å². The Morgan fingerprint density at radius 1 is 1.22 bits per heavy atom. The zero-order valence-electron chi connectivity index (χ0n) is 12.3. The highest BCUT2D eigenvalue weighted by molar-refractivity contribution is 9.10. The van der Waals surface area contributed by atoms with Crippen LogP contribution in [0, 0.1) is 0 Å². The van der Waals surface area contributed by atoms with Crippen LogP contribution in [0.15, 0.2) is 53.0 Å². The molecule has 1 heterocycles. The minimum absolute atomic E-state index is 0.185. The van der Waals surface area contributed by atoms with Crippen molar-refractivity contribution in [2.24, 2.45) is 0 Å². The third-order valence-electron chi connectivity index (χ3n) is 3.52. The molecule has 0 aliphatic carbocycles. The van der Waals surface area contributed by atoms with Crippen LogP contribution in [0.2, 0.25) is 0 Å². The van der Waals surface area contributed by atoms with Gasteiger partial charge in [-0.2, -0.15) is 0 Å². The lowest BCUT2D eigenvalue weighted by Crippen LogP contribution is -2.23. The van der Waals surface area contributed by atoms with Crippen molar-refractivity contribution < 1.29 is 14.3 Å². The summed E-state index contributed by atoms with van der Waals surface area (Å²) in [7, 11) is 0. The van der Waals surface area contributed by atoms with E-state index in [4.69, 9.17) is 4.74 Å². The van der Waals surface area contributed by atoms with E-state index < -0.39 is 0 Å². The molecule has 0 unspecified atom stereocenters. The lowest BCUT2D eigenvalue weighted by Gasteiger charge is -2.13. The molecule has 118 valence electrons. The SMILES string of the molecule is O=C(Nc1cccc(CN2CCOC2=O)c1)c1ccccc1Br. The monoisotopic (exact) mass is 374 g/mol. The Balaban J connectivity index is 1.71. The van der Waals surface area contributed by atoms with Crippen LogP contribution in [-0.4, -0.2) is 30.1 Å². The molecular formula is C17H15BrN2O3. The zero-order valence-corrected chi connectivity index (χ0v) is 13.9. The van der Waals surface area contributed by atoms with Gasteiger partial charge in [-0.25, -0.2) is 4.79 Å². The number of rotatable bonds is 4. The van der Waals surface area contributed by atoms with Crippen LogP contribution in [0.25, 0.3) is 0 Å². The van der Waals surface area contributed by atoms with E-state index in [0.29, 0.717) is 30.9 Å². The fraction of sp³-hybridized carbons (Fsp3) is 0.176. The molecule has 0 saturated carbocycles. The van der Waals surface area contributed by atoms with Gasteiger partial charge in [-0.15, -0.1) is 0 Å². The van der Waals surface area contributed by atoms with Crippen LogP contribution in [-0.2, 0) is 11.3 Å². The first-order valence-electron chi connectivity index (χ1n) is 7.20. The number of hydrogen-bond acceptors (Lipinski definition) is 3. The molecule has 5 nitrogen and oxygen atoms in total. The van der Waals surface area contributed by atoms with E-state index in [9.17, 15) is 9.59 Å². The van der Waals surface area contributed by atoms with Crippen molar-refractivity contribution in [2.75, 3.05) is 18.5 Å². The summed E-state index contributed by atoms with van der Waals surface area (Å²) in [4.78, 5) is 25.4. The fourth-order valence-corrected chi connectivity index (χ4v) is 2.85. The molecule has 0 bridgehead atoms. The molecule has 0 aromatic heterocycles. The predicted octanol–water partition coefficient (Wildman–Crippen LogP) is 3.65. The molecule has 1 aliphatic rings. The first kappa shape index (κ1) is 15.6. The lowest BCUT2D eigenvalue weighted by molar-refractivity contribution is 0.102. The van der Waals surface area contributed by atoms with Gasteiger partial charge in [0.15, 0.2) is 0 Å². The number of amides is 2. The Morgan fingerprint density at radius 2 is 2.04 bits per heavy atom. The average molecular weight is 375 g/mol. The van der Waals surface area contributed by atoms with Gasteiger partial charge in [-0.3, -0.25) is 4.79 Å². The standard InChI is InChI=1S/C17H15BrN2O3/c18-15-7-2-1-6-14(15)16(21)19-13-5-3-4-12(10-13)11-20-8-9-23-17(20)22/h1-7,10H,8-9,11H2,(H,19,21). The first-order valence-corrected chi connectivity index (χ1v) is 7.99. The van der Waals surface area contributed by atoms with Gasteiger partial charge >= 0.3 is 6.09 Å². The van der Waals surface area contributed by atoms with E-state index in [1.807, 2.05) is 42.5 Å². The second-order valence-corrected chi connectivity index (χ2v) is 6.02. The maximum atomic E-state index is 12.3. The quantitative estimate of drug-likeness (QED) is 0.888. The van der Waals surface area contributed by atoms with Gasteiger partial charge in [0.2, 0.25) is 0 Å². The van der Waals surface area contributed by atoms with Gasteiger partial charge < -0.3 is 15.0 Å². The molecule has 0 radical (unpaired) electrons. The highest BCUT2D eigenvalue weighted by atomic mass is 79.9. The third-order valence-corrected chi connectivity index (χ3v) is 4.21. The number of ether oxygens (including phenoxy) is 1. The van der Waals surface area contributed by atoms with Crippen LogP contribution in [0.5, 0.6) is 0 Å². The maximum Gasteiger partial charge on any atom is 0.410 e. The summed E-state index contributed by atoms with van der Waals surface area (Å²) < 4.78 is 5.66. The molecule has 3 rings (SSSR count). The van der Waals surface area contributed by atoms with Crippen LogP contribution in [0.1, 0.15) is 15.9 Å². The van der Waals surface area contributed by atoms with E-state index in [0.717, 1.165) is 10.0 Å². The molecule has 0 atom stereocenters. The normalized spacial score (nSPS) is 13.8. The van der Waals surface area contributed by atoms with Gasteiger partial charge in [0.1, 0.15) is 6.61 Å². The van der Waals surface area contributed by atoms with Gasteiger partial charge in [-0.05, 0) is 45.8 Å². The topological polar surface area (TPSA) is 58.6 Å². The summed E-state index contributed by atoms with van der Waals surface area (Å²) in [6.45, 7) is 1.49. The number of benzene rings is 2. The molecular weight excluding hydrogens is 360 g/mol. The number of cyclic esters (lactones) is 1. The van der Waals surface area contributed by atoms with Crippen molar-refractivity contribution in [1.29, 1.82) is 0 Å². The summed E-state index contributed by atoms with van der Waals surface area (Å²) in [5, 5.41) is 2.87. The van der Waals surface area contributed by atoms with E-state index in [1.54, 1.807) is 11.0 Å². The van der Waals surface area contributed by atoms with Gasteiger partial charge in [0, 0.05) is 16.7 Å². The maximum absolute atomic E-state index is 12.3. The second-order valence-electron chi connectivity index (χ2n) is 5.17. The van der Waals surface area contributed by atoms with Crippen LogP contribution < -0.4 is 5.32 Å². The summed E-state index contributed by atoms with van der Waals surface area (Å²) in [5.74, 6) is -0.185. The minimum atomic E-state index is -0.298. The highest BCUT2D eigenvalue weighted by Gasteiger charge is 2.21. The van der Waals surface area contributed by atoms with E-state index >= 15 is 0 Å². The second kappa shape index (κ2) is 6.83.